The Morgan fingerprint density at radius 1 is 1.26 bits per heavy atom. The van der Waals surface area contributed by atoms with Gasteiger partial charge in [0.2, 0.25) is 11.8 Å². The Kier molecular flexibility index (Phi) is 6.96. The van der Waals surface area contributed by atoms with Crippen LogP contribution in [-0.4, -0.2) is 30.5 Å². The van der Waals surface area contributed by atoms with Crippen LogP contribution in [-0.2, 0) is 9.59 Å². The van der Waals surface area contributed by atoms with Gasteiger partial charge in [0.25, 0.3) is 0 Å². The third-order valence-corrected chi connectivity index (χ3v) is 3.02. The van der Waals surface area contributed by atoms with Gasteiger partial charge in [0.15, 0.2) is 0 Å². The number of nitrogens with two attached hydrogens (primary N) is 1. The molecule has 23 heavy (non-hydrogen) atoms. The highest BCUT2D eigenvalue weighted by Crippen LogP contribution is 2.26. The summed E-state index contributed by atoms with van der Waals surface area (Å²) in [5.41, 5.74) is 5.90. The maximum atomic E-state index is 13.4. The Labute approximate surface area is 135 Å². The number of ether oxygens (including phenoxy) is 1. The van der Waals surface area contributed by atoms with E-state index in [-0.39, 0.29) is 24.3 Å². The monoisotopic (exact) mass is 325 g/mol. The van der Waals surface area contributed by atoms with Crippen LogP contribution < -0.4 is 21.1 Å². The first kappa shape index (κ1) is 18.9. The van der Waals surface area contributed by atoms with Crippen LogP contribution in [0.3, 0.4) is 0 Å². The maximum absolute atomic E-state index is 13.4. The van der Waals surface area contributed by atoms with Crippen LogP contribution in [0, 0.1) is 11.7 Å². The first-order valence-corrected chi connectivity index (χ1v) is 7.50. The number of amides is 2. The van der Waals surface area contributed by atoms with E-state index in [4.69, 9.17) is 10.5 Å². The summed E-state index contributed by atoms with van der Waals surface area (Å²) in [5, 5.41) is 4.97. The molecule has 6 nitrogen and oxygen atoms in total. The van der Waals surface area contributed by atoms with Crippen LogP contribution in [0.25, 0.3) is 0 Å². The van der Waals surface area contributed by atoms with Gasteiger partial charge in [-0.25, -0.2) is 4.39 Å². The van der Waals surface area contributed by atoms with Crippen molar-refractivity contribution < 1.29 is 18.7 Å². The molecule has 0 aromatic heterocycles. The van der Waals surface area contributed by atoms with Crippen molar-refractivity contribution in [3.63, 3.8) is 0 Å². The Balaban J connectivity index is 2.67. The molecule has 0 bridgehead atoms. The predicted octanol–water partition coefficient (Wildman–Crippen LogP) is 1.65. The van der Waals surface area contributed by atoms with Crippen molar-refractivity contribution in [3.8, 4) is 5.75 Å². The summed E-state index contributed by atoms with van der Waals surface area (Å²) in [6.07, 6.45) is -0.125. The van der Waals surface area contributed by atoms with Crippen LogP contribution in [0.1, 0.15) is 27.7 Å². The number of rotatable bonds is 7. The quantitative estimate of drug-likeness (QED) is 0.710. The van der Waals surface area contributed by atoms with E-state index in [1.165, 1.54) is 12.1 Å². The summed E-state index contributed by atoms with van der Waals surface area (Å²) >= 11 is 0. The highest BCUT2D eigenvalue weighted by atomic mass is 19.1. The fourth-order valence-electron chi connectivity index (χ4n) is 1.74. The van der Waals surface area contributed by atoms with E-state index < -0.39 is 23.7 Å². The molecule has 7 heteroatoms. The van der Waals surface area contributed by atoms with Crippen LogP contribution in [0.4, 0.5) is 10.1 Å². The van der Waals surface area contributed by atoms with Crippen LogP contribution in [0.5, 0.6) is 5.75 Å². The molecule has 0 unspecified atom stereocenters. The Morgan fingerprint density at radius 2 is 1.91 bits per heavy atom. The first-order valence-electron chi connectivity index (χ1n) is 7.50. The summed E-state index contributed by atoms with van der Waals surface area (Å²) in [5.74, 6) is -1.07. The van der Waals surface area contributed by atoms with Gasteiger partial charge in [-0.15, -0.1) is 0 Å². The number of benzene rings is 1. The summed E-state index contributed by atoms with van der Waals surface area (Å²) in [7, 11) is 0. The number of hydrogen-bond donors (Lipinski definition) is 3. The lowest BCUT2D eigenvalue weighted by atomic mass is 10.1. The lowest BCUT2D eigenvalue weighted by molar-refractivity contribution is -0.125. The van der Waals surface area contributed by atoms with Crippen molar-refractivity contribution in [1.82, 2.24) is 5.32 Å². The van der Waals surface area contributed by atoms with Crippen molar-refractivity contribution in [2.45, 2.75) is 39.8 Å². The molecule has 0 saturated heterocycles. The second-order valence-corrected chi connectivity index (χ2v) is 5.84. The molecule has 4 N–H and O–H groups in total. The number of anilines is 1. The maximum Gasteiger partial charge on any atom is 0.243 e. The Hall–Kier alpha value is -2.15. The van der Waals surface area contributed by atoms with Crippen LogP contribution in [0.2, 0.25) is 0 Å². The largest absolute Gasteiger partial charge is 0.489 e. The molecule has 1 aromatic carbocycles. The highest BCUT2D eigenvalue weighted by molar-refractivity contribution is 5.96. The van der Waals surface area contributed by atoms with Gasteiger partial charge in [-0.05, 0) is 31.9 Å². The molecule has 0 aliphatic rings. The van der Waals surface area contributed by atoms with Gasteiger partial charge in [0.1, 0.15) is 11.6 Å². The molecule has 1 aromatic rings. The molecular weight excluding hydrogens is 301 g/mol. The molecule has 0 radical (unpaired) electrons. The van der Waals surface area contributed by atoms with Gasteiger partial charge in [0.05, 0.1) is 24.4 Å². The van der Waals surface area contributed by atoms with Crippen molar-refractivity contribution in [2.24, 2.45) is 11.7 Å². The fourth-order valence-corrected chi connectivity index (χ4v) is 1.74. The van der Waals surface area contributed by atoms with Crippen molar-refractivity contribution in [2.75, 3.05) is 11.9 Å². The zero-order valence-electron chi connectivity index (χ0n) is 13.9. The summed E-state index contributed by atoms with van der Waals surface area (Å²) in [6.45, 7) is 7.01. The molecule has 0 heterocycles. The minimum Gasteiger partial charge on any atom is -0.489 e. The smallest absolute Gasteiger partial charge is 0.243 e. The third-order valence-electron chi connectivity index (χ3n) is 3.02. The molecule has 1 rings (SSSR count). The van der Waals surface area contributed by atoms with Gasteiger partial charge in [-0.3, -0.25) is 9.59 Å². The van der Waals surface area contributed by atoms with Gasteiger partial charge >= 0.3 is 0 Å². The van der Waals surface area contributed by atoms with E-state index in [9.17, 15) is 14.0 Å². The van der Waals surface area contributed by atoms with Crippen molar-refractivity contribution in [1.29, 1.82) is 0 Å². The average molecular weight is 325 g/mol. The second-order valence-electron chi connectivity index (χ2n) is 5.84. The summed E-state index contributed by atoms with van der Waals surface area (Å²) in [6, 6.07) is 3.17. The molecule has 128 valence electrons. The molecule has 0 saturated carbocycles. The first-order chi connectivity index (χ1) is 10.7. The lowest BCUT2D eigenvalue weighted by Gasteiger charge is -2.17. The van der Waals surface area contributed by atoms with Crippen LogP contribution >= 0.6 is 0 Å². The van der Waals surface area contributed by atoms with Gasteiger partial charge in [-0.2, -0.15) is 0 Å². The Morgan fingerprint density at radius 3 is 2.48 bits per heavy atom. The predicted molar refractivity (Wildman–Crippen MR) is 86.6 cm³/mol. The lowest BCUT2D eigenvalue weighted by Crippen LogP contribution is -2.46. The molecule has 0 aliphatic carbocycles. The molecule has 0 aliphatic heterocycles. The summed E-state index contributed by atoms with van der Waals surface area (Å²) < 4.78 is 18.9. The molecule has 0 spiro atoms. The molecule has 0 fully saturated rings. The number of hydrogen-bond acceptors (Lipinski definition) is 4. The normalized spacial score (nSPS) is 12.2. The second kappa shape index (κ2) is 8.47. The topological polar surface area (TPSA) is 93.5 Å². The number of carbonyl (C=O) groups excluding carboxylic acids is 2. The van der Waals surface area contributed by atoms with E-state index in [1.807, 2.05) is 27.7 Å². The number of carbonyl (C=O) groups is 2. The summed E-state index contributed by atoms with van der Waals surface area (Å²) in [4.78, 5) is 23.6. The highest BCUT2D eigenvalue weighted by Gasteiger charge is 2.18. The van der Waals surface area contributed by atoms with Gasteiger partial charge < -0.3 is 21.1 Å². The zero-order chi connectivity index (χ0) is 17.6. The standard InChI is InChI=1S/C16H24FN3O3/c1-9(2)15(18)16(22)19-8-14(21)20-12-7-11(17)5-6-13(12)23-10(3)4/h5-7,9-10,15H,8,18H2,1-4H3,(H,19,22)(H,20,21)/t15-/m0/s1. The van der Waals surface area contributed by atoms with Crippen LogP contribution in [0.15, 0.2) is 18.2 Å². The number of nitrogens with one attached hydrogen (secondary N) is 2. The average Bonchev–Trinajstić information content (AvgIpc) is 2.46. The molecule has 1 atom stereocenters. The zero-order valence-corrected chi connectivity index (χ0v) is 13.9. The SMILES string of the molecule is CC(C)Oc1ccc(F)cc1NC(=O)CNC(=O)[C@@H](N)C(C)C. The van der Waals surface area contributed by atoms with Crippen molar-refractivity contribution >= 4 is 17.5 Å². The van der Waals surface area contributed by atoms with Gasteiger partial charge in [-0.1, -0.05) is 13.8 Å². The Bertz CT molecular complexity index is 562. The van der Waals surface area contributed by atoms with E-state index in [0.717, 1.165) is 6.07 Å². The van der Waals surface area contributed by atoms with Crippen molar-refractivity contribution in [3.05, 3.63) is 24.0 Å². The minimum absolute atomic E-state index is 0.0349. The van der Waals surface area contributed by atoms with E-state index in [1.54, 1.807) is 0 Å². The number of halogens is 1. The van der Waals surface area contributed by atoms with E-state index >= 15 is 0 Å². The van der Waals surface area contributed by atoms with Gasteiger partial charge in [0, 0.05) is 6.07 Å². The molecular formula is C16H24FN3O3. The van der Waals surface area contributed by atoms with E-state index in [2.05, 4.69) is 10.6 Å². The fraction of sp³-hybridized carbons (Fsp3) is 0.500. The third kappa shape index (κ3) is 6.23. The molecule has 2 amide bonds. The van der Waals surface area contributed by atoms with E-state index in [0.29, 0.717) is 5.75 Å². The minimum atomic E-state index is -0.684.